The number of rotatable bonds is 10. The van der Waals surface area contributed by atoms with Crippen LogP contribution < -0.4 is 5.32 Å². The molecule has 0 aliphatic carbocycles. The van der Waals surface area contributed by atoms with E-state index in [9.17, 15) is 4.79 Å². The molecular formula is C11H23NO4. The van der Waals surface area contributed by atoms with Gasteiger partial charge in [0.25, 0.3) is 0 Å². The number of esters is 1. The van der Waals surface area contributed by atoms with Crippen LogP contribution in [0.25, 0.3) is 0 Å². The van der Waals surface area contributed by atoms with Gasteiger partial charge >= 0.3 is 5.97 Å². The molecule has 0 heterocycles. The maximum atomic E-state index is 11.4. The molecule has 1 N–H and O–H groups in total. The third-order valence-electron chi connectivity index (χ3n) is 2.15. The van der Waals surface area contributed by atoms with Gasteiger partial charge in [-0.25, -0.2) is 0 Å². The van der Waals surface area contributed by atoms with Crippen LogP contribution in [-0.4, -0.2) is 52.6 Å². The molecule has 0 aliphatic heterocycles. The van der Waals surface area contributed by atoms with Crippen LogP contribution in [0.5, 0.6) is 0 Å². The van der Waals surface area contributed by atoms with Gasteiger partial charge in [0, 0.05) is 20.3 Å². The first kappa shape index (κ1) is 15.3. The summed E-state index contributed by atoms with van der Waals surface area (Å²) in [6.07, 6.45) is 1.59. The molecule has 0 amide bonds. The Kier molecular flexibility index (Phi) is 10.4. The number of hydrogen-bond donors (Lipinski definition) is 1. The highest BCUT2D eigenvalue weighted by atomic mass is 16.6. The van der Waals surface area contributed by atoms with E-state index < -0.39 is 0 Å². The van der Waals surface area contributed by atoms with Crippen LogP contribution in [0.2, 0.25) is 0 Å². The van der Waals surface area contributed by atoms with Gasteiger partial charge in [-0.05, 0) is 19.9 Å². The highest BCUT2D eigenvalue weighted by molar-refractivity contribution is 5.75. The first-order valence-corrected chi connectivity index (χ1v) is 5.66. The van der Waals surface area contributed by atoms with Gasteiger partial charge in [-0.1, -0.05) is 6.92 Å². The summed E-state index contributed by atoms with van der Waals surface area (Å²) >= 11 is 0. The van der Waals surface area contributed by atoms with E-state index in [-0.39, 0.29) is 12.0 Å². The summed E-state index contributed by atoms with van der Waals surface area (Å²) in [5.74, 6) is -0.217. The van der Waals surface area contributed by atoms with E-state index in [0.717, 1.165) is 12.8 Å². The van der Waals surface area contributed by atoms with E-state index in [0.29, 0.717) is 26.4 Å². The standard InChI is InChI=1S/C11H23NO4/c1-4-10(12-2)11(13)16-9-8-15-7-5-6-14-3/h10,12H,4-9H2,1-3H3. The van der Waals surface area contributed by atoms with E-state index in [1.54, 1.807) is 14.2 Å². The average Bonchev–Trinajstić information content (AvgIpc) is 2.29. The first-order valence-electron chi connectivity index (χ1n) is 5.66. The van der Waals surface area contributed by atoms with Crippen molar-refractivity contribution in [3.63, 3.8) is 0 Å². The molecular weight excluding hydrogens is 210 g/mol. The fourth-order valence-corrected chi connectivity index (χ4v) is 1.20. The van der Waals surface area contributed by atoms with Crippen molar-refractivity contribution in [2.75, 3.05) is 40.6 Å². The minimum absolute atomic E-state index is 0.214. The SMILES string of the molecule is CCC(NC)C(=O)OCCOCCCOC. The summed E-state index contributed by atoms with van der Waals surface area (Å²) in [6.45, 7) is 4.01. The highest BCUT2D eigenvalue weighted by Gasteiger charge is 2.14. The fourth-order valence-electron chi connectivity index (χ4n) is 1.20. The second-order valence-corrected chi connectivity index (χ2v) is 3.38. The monoisotopic (exact) mass is 233 g/mol. The van der Waals surface area contributed by atoms with Crippen molar-refractivity contribution in [2.45, 2.75) is 25.8 Å². The Morgan fingerprint density at radius 1 is 1.25 bits per heavy atom. The number of ether oxygens (including phenoxy) is 3. The second-order valence-electron chi connectivity index (χ2n) is 3.38. The molecule has 0 saturated carbocycles. The topological polar surface area (TPSA) is 56.8 Å². The molecule has 1 atom stereocenters. The van der Waals surface area contributed by atoms with Gasteiger partial charge < -0.3 is 19.5 Å². The maximum Gasteiger partial charge on any atom is 0.323 e. The zero-order valence-electron chi connectivity index (χ0n) is 10.5. The molecule has 0 aromatic carbocycles. The van der Waals surface area contributed by atoms with Crippen LogP contribution in [0.1, 0.15) is 19.8 Å². The van der Waals surface area contributed by atoms with Crippen LogP contribution in [0, 0.1) is 0 Å². The highest BCUT2D eigenvalue weighted by Crippen LogP contribution is 1.94. The molecule has 0 radical (unpaired) electrons. The molecule has 16 heavy (non-hydrogen) atoms. The molecule has 96 valence electrons. The Morgan fingerprint density at radius 3 is 2.56 bits per heavy atom. The first-order chi connectivity index (χ1) is 7.76. The number of methoxy groups -OCH3 is 1. The molecule has 1 unspecified atom stereocenters. The summed E-state index contributed by atoms with van der Waals surface area (Å²) in [4.78, 5) is 11.4. The van der Waals surface area contributed by atoms with Crippen LogP contribution >= 0.6 is 0 Å². The van der Waals surface area contributed by atoms with Crippen molar-refractivity contribution >= 4 is 5.97 Å². The molecule has 0 aromatic heterocycles. The Labute approximate surface area is 97.4 Å². The van der Waals surface area contributed by atoms with E-state index in [4.69, 9.17) is 14.2 Å². The normalized spacial score (nSPS) is 12.4. The second kappa shape index (κ2) is 10.9. The van der Waals surface area contributed by atoms with Crippen LogP contribution in [0.4, 0.5) is 0 Å². The van der Waals surface area contributed by atoms with Crippen molar-refractivity contribution < 1.29 is 19.0 Å². The Balaban J connectivity index is 3.33. The lowest BCUT2D eigenvalue weighted by molar-refractivity contribution is -0.147. The fraction of sp³-hybridized carbons (Fsp3) is 0.909. The van der Waals surface area contributed by atoms with Crippen LogP contribution in [0.3, 0.4) is 0 Å². The van der Waals surface area contributed by atoms with Crippen molar-refractivity contribution in [1.82, 2.24) is 5.32 Å². The molecule has 5 heteroatoms. The molecule has 0 aromatic rings. The van der Waals surface area contributed by atoms with Crippen LogP contribution in [-0.2, 0) is 19.0 Å². The molecule has 0 fully saturated rings. The van der Waals surface area contributed by atoms with Crippen LogP contribution in [0.15, 0.2) is 0 Å². The van der Waals surface area contributed by atoms with Gasteiger partial charge in [0.1, 0.15) is 12.6 Å². The van der Waals surface area contributed by atoms with Crippen molar-refractivity contribution in [3.05, 3.63) is 0 Å². The third kappa shape index (κ3) is 7.62. The van der Waals surface area contributed by atoms with Crippen molar-refractivity contribution in [2.24, 2.45) is 0 Å². The smallest absolute Gasteiger partial charge is 0.323 e. The number of nitrogens with one attached hydrogen (secondary N) is 1. The van der Waals surface area contributed by atoms with Crippen molar-refractivity contribution in [3.8, 4) is 0 Å². The average molecular weight is 233 g/mol. The van der Waals surface area contributed by atoms with Gasteiger partial charge in [-0.2, -0.15) is 0 Å². The van der Waals surface area contributed by atoms with Gasteiger partial charge in [-0.3, -0.25) is 4.79 Å². The summed E-state index contributed by atoms with van der Waals surface area (Å²) in [5, 5.41) is 2.89. The largest absolute Gasteiger partial charge is 0.462 e. The molecule has 0 spiro atoms. The molecule has 0 aliphatic rings. The number of carbonyl (C=O) groups is 1. The number of likely N-dealkylation sites (N-methyl/N-ethyl adjacent to an activating group) is 1. The summed E-state index contributed by atoms with van der Waals surface area (Å²) in [6, 6.07) is -0.214. The third-order valence-corrected chi connectivity index (χ3v) is 2.15. The van der Waals surface area contributed by atoms with E-state index in [2.05, 4.69) is 5.32 Å². The Morgan fingerprint density at radius 2 is 2.00 bits per heavy atom. The van der Waals surface area contributed by atoms with Gasteiger partial charge in [0.15, 0.2) is 0 Å². The van der Waals surface area contributed by atoms with E-state index in [1.165, 1.54) is 0 Å². The predicted molar refractivity (Wildman–Crippen MR) is 61.4 cm³/mol. The minimum Gasteiger partial charge on any atom is -0.462 e. The maximum absolute atomic E-state index is 11.4. The van der Waals surface area contributed by atoms with E-state index in [1.807, 2.05) is 6.92 Å². The number of carbonyl (C=O) groups excluding carboxylic acids is 1. The summed E-state index contributed by atoms with van der Waals surface area (Å²) in [7, 11) is 3.40. The van der Waals surface area contributed by atoms with Gasteiger partial charge in [0.05, 0.1) is 6.61 Å². The summed E-state index contributed by atoms with van der Waals surface area (Å²) < 4.78 is 15.2. The lowest BCUT2D eigenvalue weighted by atomic mass is 10.2. The van der Waals surface area contributed by atoms with Gasteiger partial charge in [0.2, 0.25) is 0 Å². The molecule has 0 bridgehead atoms. The lowest BCUT2D eigenvalue weighted by Gasteiger charge is -2.12. The molecule has 0 rings (SSSR count). The Hall–Kier alpha value is -0.650. The number of hydrogen-bond acceptors (Lipinski definition) is 5. The Bertz CT molecular complexity index is 171. The van der Waals surface area contributed by atoms with E-state index >= 15 is 0 Å². The quantitative estimate of drug-likeness (QED) is 0.442. The zero-order chi connectivity index (χ0) is 12.2. The van der Waals surface area contributed by atoms with Gasteiger partial charge in [-0.15, -0.1) is 0 Å². The van der Waals surface area contributed by atoms with Crippen molar-refractivity contribution in [1.29, 1.82) is 0 Å². The molecule has 5 nitrogen and oxygen atoms in total. The minimum atomic E-state index is -0.217. The zero-order valence-corrected chi connectivity index (χ0v) is 10.5. The summed E-state index contributed by atoms with van der Waals surface area (Å²) in [5.41, 5.74) is 0. The molecule has 0 saturated heterocycles. The lowest BCUT2D eigenvalue weighted by Crippen LogP contribution is -2.35. The predicted octanol–water partition coefficient (Wildman–Crippen LogP) is 0.581.